The molecule has 3 rings (SSSR count). The third-order valence-electron chi connectivity index (χ3n) is 3.72. The molecule has 0 spiro atoms. The highest BCUT2D eigenvalue weighted by atomic mass is 79.9. The highest BCUT2D eigenvalue weighted by Gasteiger charge is 2.31. The van der Waals surface area contributed by atoms with Crippen LogP contribution >= 0.6 is 15.9 Å². The number of alkyl halides is 3. The van der Waals surface area contributed by atoms with Crippen molar-refractivity contribution < 1.29 is 13.2 Å². The van der Waals surface area contributed by atoms with Crippen LogP contribution in [-0.2, 0) is 11.6 Å². The Morgan fingerprint density at radius 3 is 2.30 bits per heavy atom. The summed E-state index contributed by atoms with van der Waals surface area (Å²) in [6.07, 6.45) is -4.39. The molecule has 122 valence electrons. The van der Waals surface area contributed by atoms with Crippen LogP contribution in [0.15, 0.2) is 22.8 Å². The molecular weight excluding hydrogens is 371 g/mol. The van der Waals surface area contributed by atoms with Crippen molar-refractivity contribution in [3.05, 3.63) is 39.9 Å². The first-order valence-electron chi connectivity index (χ1n) is 7.06. The van der Waals surface area contributed by atoms with Crippen molar-refractivity contribution in [3.63, 3.8) is 0 Å². The molecule has 3 nitrogen and oxygen atoms in total. The molecule has 0 aliphatic rings. The Labute approximate surface area is 139 Å². The fourth-order valence-electron chi connectivity index (χ4n) is 2.57. The molecule has 23 heavy (non-hydrogen) atoms. The zero-order valence-corrected chi connectivity index (χ0v) is 14.7. The number of aryl methyl sites for hydroxylation is 1. The molecule has 0 aliphatic carbocycles. The van der Waals surface area contributed by atoms with E-state index in [0.717, 1.165) is 17.8 Å². The summed E-state index contributed by atoms with van der Waals surface area (Å²) in [7, 11) is 0. The lowest BCUT2D eigenvalue weighted by Crippen LogP contribution is -2.19. The van der Waals surface area contributed by atoms with Crippen molar-refractivity contribution in [2.75, 3.05) is 0 Å². The van der Waals surface area contributed by atoms with Gasteiger partial charge in [0.15, 0.2) is 0 Å². The van der Waals surface area contributed by atoms with Crippen molar-refractivity contribution in [1.29, 1.82) is 0 Å². The summed E-state index contributed by atoms with van der Waals surface area (Å²) in [6.45, 7) is 7.82. The zero-order chi connectivity index (χ0) is 17.2. The van der Waals surface area contributed by atoms with Gasteiger partial charge in [0.1, 0.15) is 16.1 Å². The molecule has 2 aromatic heterocycles. The molecule has 7 heteroatoms. The molecule has 0 unspecified atom stereocenters. The Morgan fingerprint density at radius 2 is 1.74 bits per heavy atom. The Balaban J connectivity index is 2.48. The number of halogens is 4. The van der Waals surface area contributed by atoms with Crippen molar-refractivity contribution in [2.45, 2.75) is 39.3 Å². The molecule has 0 aliphatic heterocycles. The molecule has 0 saturated heterocycles. The first kappa shape index (κ1) is 16.2. The van der Waals surface area contributed by atoms with E-state index in [4.69, 9.17) is 0 Å². The van der Waals surface area contributed by atoms with Gasteiger partial charge in [-0.2, -0.15) is 13.2 Å². The number of aromatic nitrogens is 3. The van der Waals surface area contributed by atoms with Gasteiger partial charge in [-0.1, -0.05) is 20.8 Å². The number of benzene rings is 1. The van der Waals surface area contributed by atoms with Crippen LogP contribution in [-0.4, -0.2) is 14.4 Å². The average Bonchev–Trinajstić information content (AvgIpc) is 2.72. The van der Waals surface area contributed by atoms with Crippen molar-refractivity contribution in [1.82, 2.24) is 14.4 Å². The Hall–Kier alpha value is -1.63. The van der Waals surface area contributed by atoms with Crippen LogP contribution < -0.4 is 0 Å². The van der Waals surface area contributed by atoms with E-state index in [1.54, 1.807) is 0 Å². The monoisotopic (exact) mass is 385 g/mol. The Bertz CT molecular complexity index is 920. The van der Waals surface area contributed by atoms with Gasteiger partial charge in [0.25, 0.3) is 0 Å². The van der Waals surface area contributed by atoms with E-state index in [0.29, 0.717) is 27.0 Å². The van der Waals surface area contributed by atoms with E-state index in [1.165, 1.54) is 6.07 Å². The predicted octanol–water partition coefficient (Wildman–Crippen LogP) is 5.27. The maximum atomic E-state index is 13.0. The smallest absolute Gasteiger partial charge is 0.283 e. The lowest BCUT2D eigenvalue weighted by atomic mass is 9.95. The first-order chi connectivity index (χ1) is 10.5. The summed E-state index contributed by atoms with van der Waals surface area (Å²) < 4.78 is 41.5. The number of imidazole rings is 1. The maximum absolute atomic E-state index is 13.0. The minimum Gasteiger partial charge on any atom is -0.283 e. The molecule has 1 aromatic carbocycles. The Kier molecular flexibility index (Phi) is 3.48. The second kappa shape index (κ2) is 4.93. The molecule has 2 heterocycles. The van der Waals surface area contributed by atoms with Crippen LogP contribution in [0.5, 0.6) is 0 Å². The molecule has 0 radical (unpaired) electrons. The van der Waals surface area contributed by atoms with Crippen molar-refractivity contribution in [3.8, 4) is 0 Å². The lowest BCUT2D eigenvalue weighted by Gasteiger charge is -2.21. The average molecular weight is 386 g/mol. The SMILES string of the molecule is Cc1c(Br)nc2c3ccc(C(F)(F)F)cc3nc(C(C)(C)C)n12. The van der Waals surface area contributed by atoms with E-state index in [9.17, 15) is 13.2 Å². The lowest BCUT2D eigenvalue weighted by molar-refractivity contribution is -0.137. The van der Waals surface area contributed by atoms with E-state index in [1.807, 2.05) is 32.1 Å². The van der Waals surface area contributed by atoms with Gasteiger partial charge in [-0.25, -0.2) is 9.97 Å². The third kappa shape index (κ3) is 2.60. The molecule has 0 N–H and O–H groups in total. The fourth-order valence-corrected chi connectivity index (χ4v) is 2.92. The summed E-state index contributed by atoms with van der Waals surface area (Å²) >= 11 is 3.40. The van der Waals surface area contributed by atoms with Gasteiger partial charge in [0.05, 0.1) is 16.8 Å². The molecule has 3 aromatic rings. The number of hydrogen-bond acceptors (Lipinski definition) is 2. The highest BCUT2D eigenvalue weighted by Crippen LogP contribution is 2.34. The standard InChI is InChI=1S/C16H15BrF3N3/c1-8-12(17)22-13-10-6-5-9(16(18,19)20)7-11(10)21-14(23(8)13)15(2,3)4/h5-7H,1-4H3. The minimum atomic E-state index is -4.39. The normalized spacial score (nSPS) is 13.2. The van der Waals surface area contributed by atoms with Crippen LogP contribution in [0.1, 0.15) is 37.9 Å². The van der Waals surface area contributed by atoms with Gasteiger partial charge in [-0.05, 0) is 41.1 Å². The molecule has 0 fully saturated rings. The molecule has 0 saturated carbocycles. The van der Waals surface area contributed by atoms with E-state index in [-0.39, 0.29) is 5.41 Å². The van der Waals surface area contributed by atoms with Gasteiger partial charge in [-0.3, -0.25) is 4.40 Å². The Morgan fingerprint density at radius 1 is 1.09 bits per heavy atom. The topological polar surface area (TPSA) is 30.2 Å². The molecule has 0 amide bonds. The summed E-state index contributed by atoms with van der Waals surface area (Å²) in [5.74, 6) is 0.676. The van der Waals surface area contributed by atoms with E-state index >= 15 is 0 Å². The number of rotatable bonds is 0. The number of nitrogens with zero attached hydrogens (tertiary/aromatic N) is 3. The second-order valence-electron chi connectivity index (χ2n) is 6.56. The number of hydrogen-bond donors (Lipinski definition) is 0. The predicted molar refractivity (Wildman–Crippen MR) is 86.6 cm³/mol. The molecule has 0 atom stereocenters. The summed E-state index contributed by atoms with van der Waals surface area (Å²) in [6, 6.07) is 3.59. The van der Waals surface area contributed by atoms with Crippen LogP contribution in [0.2, 0.25) is 0 Å². The van der Waals surface area contributed by atoms with Crippen LogP contribution in [0, 0.1) is 6.92 Å². The number of fused-ring (bicyclic) bond motifs is 3. The van der Waals surface area contributed by atoms with Gasteiger partial charge < -0.3 is 0 Å². The van der Waals surface area contributed by atoms with E-state index < -0.39 is 11.7 Å². The fraction of sp³-hybridized carbons (Fsp3) is 0.375. The van der Waals surface area contributed by atoms with Crippen molar-refractivity contribution >= 4 is 32.5 Å². The van der Waals surface area contributed by atoms with Crippen molar-refractivity contribution in [2.24, 2.45) is 0 Å². The van der Waals surface area contributed by atoms with Gasteiger partial charge >= 0.3 is 6.18 Å². The van der Waals surface area contributed by atoms with Gasteiger partial charge in [0, 0.05) is 10.8 Å². The van der Waals surface area contributed by atoms with E-state index in [2.05, 4.69) is 25.9 Å². The zero-order valence-electron chi connectivity index (χ0n) is 13.1. The second-order valence-corrected chi connectivity index (χ2v) is 7.31. The maximum Gasteiger partial charge on any atom is 0.416 e. The van der Waals surface area contributed by atoms with Crippen LogP contribution in [0.3, 0.4) is 0 Å². The summed E-state index contributed by atoms with van der Waals surface area (Å²) in [4.78, 5) is 8.99. The summed E-state index contributed by atoms with van der Waals surface area (Å²) in [5.41, 5.74) is 0.738. The first-order valence-corrected chi connectivity index (χ1v) is 7.85. The summed E-state index contributed by atoms with van der Waals surface area (Å²) in [5, 5.41) is 0.597. The largest absolute Gasteiger partial charge is 0.416 e. The van der Waals surface area contributed by atoms with Gasteiger partial charge in [-0.15, -0.1) is 0 Å². The molecular formula is C16H15BrF3N3. The van der Waals surface area contributed by atoms with Gasteiger partial charge in [0.2, 0.25) is 0 Å². The van der Waals surface area contributed by atoms with Crippen LogP contribution in [0.4, 0.5) is 13.2 Å². The minimum absolute atomic E-state index is 0.301. The van der Waals surface area contributed by atoms with Crippen LogP contribution in [0.25, 0.3) is 16.6 Å². The highest BCUT2D eigenvalue weighted by molar-refractivity contribution is 9.10. The third-order valence-corrected chi connectivity index (χ3v) is 4.48. The quantitative estimate of drug-likeness (QED) is 0.527. The molecule has 0 bridgehead atoms.